The number of fused-ring (bicyclic) bond motifs is 1. The molecule has 0 nitrogen and oxygen atoms in total. The molecule has 5 fully saturated rings. The summed E-state index contributed by atoms with van der Waals surface area (Å²) in [6.45, 7) is 10.2. The standard InChI is InChI=1S/C30H54.C7H14/c1-4-24-17-19-26(20-18-24)30-28-16-12-7-5-6-11-15-27(28)22(2)23(3)29(30)21-25-13-9-8-10-14-25;1-7-5-3-2-4-6-7/h22-30H,4-21H2,1-3H3;7H,2-6H2,1H3. The molecule has 5 rings (SSSR count). The van der Waals surface area contributed by atoms with Crippen molar-refractivity contribution < 1.29 is 0 Å². The van der Waals surface area contributed by atoms with E-state index in [0.717, 1.165) is 59.2 Å². The monoisotopic (exact) mass is 513 g/mol. The fourth-order valence-corrected chi connectivity index (χ4v) is 10.5. The molecule has 0 aromatic rings. The van der Waals surface area contributed by atoms with Gasteiger partial charge in [-0.1, -0.05) is 143 Å². The molecule has 0 spiro atoms. The summed E-state index contributed by atoms with van der Waals surface area (Å²) < 4.78 is 0. The van der Waals surface area contributed by atoms with Crippen LogP contribution in [0.1, 0.15) is 175 Å². The van der Waals surface area contributed by atoms with Crippen LogP contribution >= 0.6 is 0 Å². The second kappa shape index (κ2) is 15.7. The van der Waals surface area contributed by atoms with E-state index in [1.54, 1.807) is 64.2 Å². The third kappa shape index (κ3) is 8.49. The molecule has 37 heavy (non-hydrogen) atoms. The highest BCUT2D eigenvalue weighted by molar-refractivity contribution is 4.98. The fraction of sp³-hybridized carbons (Fsp3) is 1.00. The topological polar surface area (TPSA) is 0 Å². The summed E-state index contributed by atoms with van der Waals surface area (Å²) in [6.07, 6.45) is 35.2. The third-order valence-corrected chi connectivity index (χ3v) is 13.0. The molecule has 5 saturated carbocycles. The molecular formula is C37H68. The van der Waals surface area contributed by atoms with E-state index in [9.17, 15) is 0 Å². The van der Waals surface area contributed by atoms with Crippen molar-refractivity contribution >= 4 is 0 Å². The van der Waals surface area contributed by atoms with Crippen LogP contribution in [0.25, 0.3) is 0 Å². The molecule has 5 aliphatic carbocycles. The first-order chi connectivity index (χ1) is 18.1. The van der Waals surface area contributed by atoms with Crippen molar-refractivity contribution in [1.82, 2.24) is 0 Å². The molecule has 0 amide bonds. The molecule has 0 saturated heterocycles. The molecule has 216 valence electrons. The van der Waals surface area contributed by atoms with Gasteiger partial charge in [-0.3, -0.25) is 0 Å². The highest BCUT2D eigenvalue weighted by Crippen LogP contribution is 2.57. The van der Waals surface area contributed by atoms with Gasteiger partial charge in [-0.25, -0.2) is 0 Å². The van der Waals surface area contributed by atoms with E-state index in [1.807, 2.05) is 0 Å². The largest absolute Gasteiger partial charge is 0.0651 e. The lowest BCUT2D eigenvalue weighted by Crippen LogP contribution is -2.48. The maximum Gasteiger partial charge on any atom is -0.0324 e. The predicted molar refractivity (Wildman–Crippen MR) is 164 cm³/mol. The second-order valence-corrected chi connectivity index (χ2v) is 15.3. The minimum atomic E-state index is 0.975. The van der Waals surface area contributed by atoms with Crippen LogP contribution < -0.4 is 0 Å². The van der Waals surface area contributed by atoms with Crippen LogP contribution in [0.3, 0.4) is 0 Å². The molecule has 0 heterocycles. The summed E-state index contributed by atoms with van der Waals surface area (Å²) in [6, 6.07) is 0. The van der Waals surface area contributed by atoms with Crippen LogP contribution in [-0.2, 0) is 0 Å². The molecule has 6 unspecified atom stereocenters. The minimum Gasteiger partial charge on any atom is -0.0651 e. The molecule has 0 radical (unpaired) electrons. The van der Waals surface area contributed by atoms with Crippen LogP contribution in [-0.4, -0.2) is 0 Å². The van der Waals surface area contributed by atoms with Gasteiger partial charge in [-0.15, -0.1) is 0 Å². The van der Waals surface area contributed by atoms with Gasteiger partial charge in [-0.2, -0.15) is 0 Å². The lowest BCUT2D eigenvalue weighted by atomic mass is 9.50. The van der Waals surface area contributed by atoms with E-state index < -0.39 is 0 Å². The summed E-state index contributed by atoms with van der Waals surface area (Å²) in [5.74, 6) is 10.4. The number of hydrogen-bond donors (Lipinski definition) is 0. The normalized spacial score (nSPS) is 40.9. The highest BCUT2D eigenvalue weighted by atomic mass is 14.5. The zero-order valence-corrected chi connectivity index (χ0v) is 26.0. The van der Waals surface area contributed by atoms with Crippen molar-refractivity contribution in [3.05, 3.63) is 0 Å². The van der Waals surface area contributed by atoms with Gasteiger partial charge >= 0.3 is 0 Å². The van der Waals surface area contributed by atoms with E-state index in [4.69, 9.17) is 0 Å². The first-order valence-corrected chi connectivity index (χ1v) is 18.1. The Kier molecular flexibility index (Phi) is 12.7. The van der Waals surface area contributed by atoms with Crippen LogP contribution in [0.5, 0.6) is 0 Å². The Labute approximate surface area is 234 Å². The molecule has 0 aliphatic heterocycles. The molecule has 0 aromatic heterocycles. The Morgan fingerprint density at radius 3 is 1.54 bits per heavy atom. The predicted octanol–water partition coefficient (Wildman–Crippen LogP) is 12.3. The first-order valence-electron chi connectivity index (χ1n) is 18.1. The minimum absolute atomic E-state index is 0.975. The Bertz CT molecular complexity index is 587. The highest BCUT2D eigenvalue weighted by Gasteiger charge is 2.49. The Morgan fingerprint density at radius 1 is 0.459 bits per heavy atom. The van der Waals surface area contributed by atoms with E-state index in [0.29, 0.717) is 0 Å². The van der Waals surface area contributed by atoms with Crippen molar-refractivity contribution in [3.8, 4) is 0 Å². The third-order valence-electron chi connectivity index (χ3n) is 13.0. The lowest BCUT2D eigenvalue weighted by Gasteiger charge is -2.55. The smallest absolute Gasteiger partial charge is 0.0324 e. The quantitative estimate of drug-likeness (QED) is 0.351. The van der Waals surface area contributed by atoms with Gasteiger partial charge in [0.1, 0.15) is 0 Å². The molecule has 5 aliphatic rings. The fourth-order valence-electron chi connectivity index (χ4n) is 10.5. The average molecular weight is 513 g/mol. The van der Waals surface area contributed by atoms with Crippen LogP contribution in [0.4, 0.5) is 0 Å². The van der Waals surface area contributed by atoms with Gasteiger partial charge in [0.05, 0.1) is 0 Å². The van der Waals surface area contributed by atoms with E-state index in [-0.39, 0.29) is 0 Å². The lowest BCUT2D eigenvalue weighted by molar-refractivity contribution is -0.0632. The van der Waals surface area contributed by atoms with E-state index in [1.165, 1.54) is 83.5 Å². The average Bonchev–Trinajstić information content (AvgIpc) is 3.06. The summed E-state index contributed by atoms with van der Waals surface area (Å²) in [7, 11) is 0. The molecule has 6 atom stereocenters. The summed E-state index contributed by atoms with van der Waals surface area (Å²) >= 11 is 0. The van der Waals surface area contributed by atoms with Crippen LogP contribution in [0.15, 0.2) is 0 Å². The second-order valence-electron chi connectivity index (χ2n) is 15.3. The van der Waals surface area contributed by atoms with Gasteiger partial charge in [0.15, 0.2) is 0 Å². The summed E-state index contributed by atoms with van der Waals surface area (Å²) in [5.41, 5.74) is 0. The summed E-state index contributed by atoms with van der Waals surface area (Å²) in [4.78, 5) is 0. The maximum absolute atomic E-state index is 2.71. The molecular weight excluding hydrogens is 444 g/mol. The van der Waals surface area contributed by atoms with Crippen LogP contribution in [0, 0.1) is 59.2 Å². The van der Waals surface area contributed by atoms with Crippen LogP contribution in [0.2, 0.25) is 0 Å². The van der Waals surface area contributed by atoms with E-state index >= 15 is 0 Å². The Balaban J connectivity index is 0.000000396. The van der Waals surface area contributed by atoms with Crippen molar-refractivity contribution in [2.45, 2.75) is 175 Å². The van der Waals surface area contributed by atoms with Gasteiger partial charge in [0.2, 0.25) is 0 Å². The zero-order valence-electron chi connectivity index (χ0n) is 26.0. The Hall–Kier alpha value is 0. The Morgan fingerprint density at radius 2 is 0.973 bits per heavy atom. The van der Waals surface area contributed by atoms with Crippen molar-refractivity contribution in [2.75, 3.05) is 0 Å². The zero-order chi connectivity index (χ0) is 26.0. The summed E-state index contributed by atoms with van der Waals surface area (Å²) in [5, 5.41) is 0. The van der Waals surface area contributed by atoms with Crippen molar-refractivity contribution in [1.29, 1.82) is 0 Å². The maximum atomic E-state index is 2.71. The molecule has 0 aromatic carbocycles. The van der Waals surface area contributed by atoms with Gasteiger partial charge < -0.3 is 0 Å². The van der Waals surface area contributed by atoms with Gasteiger partial charge in [0.25, 0.3) is 0 Å². The molecule has 0 bridgehead atoms. The van der Waals surface area contributed by atoms with E-state index in [2.05, 4.69) is 27.7 Å². The van der Waals surface area contributed by atoms with Crippen molar-refractivity contribution in [3.63, 3.8) is 0 Å². The SMILES string of the molecule is CC1CCCCC1.CCC1CCC(C2C(CC3CCCCC3)C(C)C(C)C3CCCCCCCC32)CC1. The molecule has 0 N–H and O–H groups in total. The van der Waals surface area contributed by atoms with Crippen molar-refractivity contribution in [2.24, 2.45) is 59.2 Å². The number of rotatable bonds is 4. The first kappa shape index (κ1) is 30.0. The van der Waals surface area contributed by atoms with Gasteiger partial charge in [-0.05, 0) is 91.3 Å². The molecule has 0 heteroatoms. The number of hydrogen-bond acceptors (Lipinski definition) is 0. The van der Waals surface area contributed by atoms with Gasteiger partial charge in [0, 0.05) is 0 Å².